The Morgan fingerprint density at radius 2 is 0.690 bits per heavy atom. The fraction of sp³-hybridized carbons (Fsp3) is 0.741. The van der Waals surface area contributed by atoms with E-state index in [0.29, 0.717) is 19.3 Å². The average Bonchev–Trinajstić information content (AvgIpc) is 2.81. The lowest BCUT2D eigenvalue weighted by Gasteiger charge is -2.08. The van der Waals surface area contributed by atoms with Crippen LogP contribution in [0.5, 0.6) is 0 Å². The second kappa shape index (κ2) is 35.3. The van der Waals surface area contributed by atoms with Crippen molar-refractivity contribution in [2.75, 3.05) is 6.54 Å². The topological polar surface area (TPSA) is 216 Å². The molecule has 42 heavy (non-hydrogen) atoms. The van der Waals surface area contributed by atoms with Gasteiger partial charge in [0.2, 0.25) is 35.4 Å². The molecule has 7 amide bonds. The lowest BCUT2D eigenvalue weighted by Crippen LogP contribution is -2.48. The van der Waals surface area contributed by atoms with Gasteiger partial charge in [0.25, 0.3) is 5.91 Å². The van der Waals surface area contributed by atoms with Gasteiger partial charge in [-0.05, 0) is 12.8 Å². The van der Waals surface area contributed by atoms with Crippen LogP contribution in [0.15, 0.2) is 0 Å². The summed E-state index contributed by atoms with van der Waals surface area (Å²) in [4.78, 5) is 79.0. The maximum Gasteiger partial charge on any atom is 0.254 e. The number of rotatable bonds is 16. The van der Waals surface area contributed by atoms with Crippen molar-refractivity contribution in [1.82, 2.24) is 43.4 Å². The monoisotopic (exact) mass is 610 g/mol. The van der Waals surface area contributed by atoms with E-state index in [1.807, 2.05) is 10.9 Å². The minimum Gasteiger partial charge on any atom is -0.291 e. The van der Waals surface area contributed by atoms with Crippen molar-refractivity contribution in [3.8, 4) is 0 Å². The van der Waals surface area contributed by atoms with Crippen molar-refractivity contribution in [3.63, 3.8) is 0 Å². The van der Waals surface area contributed by atoms with Gasteiger partial charge in [0.1, 0.15) is 6.42 Å². The first kappa shape index (κ1) is 54.3. The van der Waals surface area contributed by atoms with Crippen LogP contribution in [0.3, 0.4) is 0 Å². The van der Waals surface area contributed by atoms with Crippen LogP contribution in [0, 0.1) is 0 Å². The molecular formula is C27H62N8O7. The third-order valence-corrected chi connectivity index (χ3v) is 4.45. The van der Waals surface area contributed by atoms with Gasteiger partial charge in [-0.25, -0.2) is 5.43 Å². The highest BCUT2D eigenvalue weighted by Crippen LogP contribution is 2.10. The van der Waals surface area contributed by atoms with Crippen LogP contribution in [0.4, 0.5) is 0 Å². The number of amides is 7. The summed E-state index contributed by atoms with van der Waals surface area (Å²) in [5.41, 5.74) is 17.7. The molecule has 0 atom stereocenters. The molecule has 0 aliphatic carbocycles. The number of unbranched alkanes of at least 4 members (excludes halogenated alkanes) is 7. The van der Waals surface area contributed by atoms with Crippen molar-refractivity contribution in [1.29, 1.82) is 0 Å². The zero-order valence-electron chi connectivity index (χ0n) is 20.8. The van der Waals surface area contributed by atoms with Gasteiger partial charge in [-0.1, -0.05) is 83.1 Å². The van der Waals surface area contributed by atoms with E-state index < -0.39 is 30.0 Å². The highest BCUT2D eigenvalue weighted by Gasteiger charge is 2.10. The second-order valence-electron chi connectivity index (χ2n) is 7.96. The van der Waals surface area contributed by atoms with Crippen LogP contribution in [0.1, 0.15) is 129 Å². The van der Waals surface area contributed by atoms with E-state index in [0.717, 1.165) is 38.5 Å². The summed E-state index contributed by atoms with van der Waals surface area (Å²) in [5.74, 6) is -3.35. The zero-order valence-corrected chi connectivity index (χ0v) is 20.8. The number of carbonyl (C=O) groups is 7. The van der Waals surface area contributed by atoms with Gasteiger partial charge in [0.15, 0.2) is 0 Å². The largest absolute Gasteiger partial charge is 0.291 e. The maximum absolute atomic E-state index is 11.7. The lowest BCUT2D eigenvalue weighted by molar-refractivity contribution is -0.134. The molecule has 0 aromatic rings. The van der Waals surface area contributed by atoms with E-state index in [1.165, 1.54) is 13.8 Å². The third kappa shape index (κ3) is 38.4. The normalized spacial score (nSPS) is 8.52. The predicted octanol–water partition coefficient (Wildman–Crippen LogP) is 2.20. The Kier molecular flexibility index (Phi) is 45.6. The Morgan fingerprint density at radius 3 is 1.07 bits per heavy atom. The molecule has 8 N–H and O–H groups in total. The zero-order chi connectivity index (χ0) is 27.2. The van der Waals surface area contributed by atoms with Crippen molar-refractivity contribution in [2.24, 2.45) is 0 Å². The van der Waals surface area contributed by atoms with Gasteiger partial charge >= 0.3 is 0 Å². The summed E-state index contributed by atoms with van der Waals surface area (Å²) in [6, 6.07) is 0. The van der Waals surface area contributed by atoms with E-state index in [9.17, 15) is 33.6 Å². The Labute approximate surface area is 254 Å². The van der Waals surface area contributed by atoms with Crippen LogP contribution >= 0.6 is 0 Å². The molecule has 0 aromatic heterocycles. The molecule has 0 rings (SSSR count). The number of hydrogen-bond acceptors (Lipinski definition) is 8. The van der Waals surface area contributed by atoms with E-state index in [2.05, 4.69) is 32.6 Å². The van der Waals surface area contributed by atoms with E-state index in [4.69, 9.17) is 0 Å². The first-order valence-corrected chi connectivity index (χ1v) is 11.8. The fourth-order valence-corrected chi connectivity index (χ4v) is 2.72. The van der Waals surface area contributed by atoms with Gasteiger partial charge in [0.05, 0.1) is 6.54 Å². The molecule has 0 fully saturated rings. The van der Waals surface area contributed by atoms with Gasteiger partial charge in [-0.15, -0.1) is 0 Å². The molecule has 0 radical (unpaired) electrons. The Balaban J connectivity index is -0.000000408. The Morgan fingerprint density at radius 1 is 0.381 bits per heavy atom. The van der Waals surface area contributed by atoms with E-state index in [1.54, 1.807) is 0 Å². The smallest absolute Gasteiger partial charge is 0.254 e. The molecule has 0 saturated heterocycles. The molecule has 252 valence electrons. The van der Waals surface area contributed by atoms with Crippen LogP contribution in [0.25, 0.3) is 0 Å². The molecule has 0 heterocycles. The van der Waals surface area contributed by atoms with Crippen LogP contribution in [-0.4, -0.2) is 47.9 Å². The minimum absolute atomic E-state index is 0. The molecule has 0 aromatic carbocycles. The molecular weight excluding hydrogens is 548 g/mol. The quantitative estimate of drug-likeness (QED) is 0.0734. The van der Waals surface area contributed by atoms with Crippen molar-refractivity contribution in [3.05, 3.63) is 0 Å². The van der Waals surface area contributed by atoms with Crippen LogP contribution in [-0.2, 0) is 33.6 Å². The highest BCUT2D eigenvalue weighted by molar-refractivity contribution is 5.98. The standard InChI is InChI=1S/C21H38N8O7.6CH4/c1-15(30)23-22-14-21(36)29-26-18(33)12-10-8-6-4-3-5-7-9-11-17(32)25-28-20(35)13-19(34)27-24-16(2)31;;;;;;/h22H,3-14H2,1-2H3,(H,23,30)(H,24,31)(H,25,32)(H,26,33)(H,27,34)(H,28,35)(H,29,36);6*1H4. The molecule has 0 bridgehead atoms. The second-order valence-corrected chi connectivity index (χ2v) is 7.96. The summed E-state index contributed by atoms with van der Waals surface area (Å²) in [5, 5.41) is 0. The van der Waals surface area contributed by atoms with Crippen molar-refractivity contribution >= 4 is 41.4 Å². The highest BCUT2D eigenvalue weighted by atomic mass is 16.2. The van der Waals surface area contributed by atoms with E-state index >= 15 is 0 Å². The Hall–Kier alpha value is -3.75. The van der Waals surface area contributed by atoms with Crippen molar-refractivity contribution < 1.29 is 33.6 Å². The SMILES string of the molecule is C.C.C.C.C.C.CC(=O)NNCC(=O)NNC(=O)CCCCCCCCCCC(=O)NNC(=O)CC(=O)NNC(C)=O. The molecule has 0 saturated carbocycles. The average molecular weight is 611 g/mol. The van der Waals surface area contributed by atoms with Gasteiger partial charge in [-0.3, -0.25) is 71.5 Å². The number of hydrazine groups is 4. The molecule has 0 spiro atoms. The van der Waals surface area contributed by atoms with Crippen molar-refractivity contribution in [2.45, 2.75) is 129 Å². The first-order chi connectivity index (χ1) is 17.1. The first-order valence-electron chi connectivity index (χ1n) is 11.8. The van der Waals surface area contributed by atoms with Gasteiger partial charge in [-0.2, -0.15) is 0 Å². The minimum atomic E-state index is -0.710. The number of nitrogens with one attached hydrogen (secondary N) is 8. The Bertz CT molecular complexity index is 765. The predicted molar refractivity (Wildman–Crippen MR) is 168 cm³/mol. The number of hydrogen-bond donors (Lipinski definition) is 8. The maximum atomic E-state index is 11.7. The molecule has 0 aliphatic heterocycles. The third-order valence-electron chi connectivity index (χ3n) is 4.45. The summed E-state index contributed by atoms with van der Waals surface area (Å²) >= 11 is 0. The number of carbonyl (C=O) groups excluding carboxylic acids is 7. The molecule has 15 heteroatoms. The van der Waals surface area contributed by atoms with Crippen LogP contribution in [0.2, 0.25) is 0 Å². The van der Waals surface area contributed by atoms with Gasteiger partial charge in [0, 0.05) is 26.7 Å². The van der Waals surface area contributed by atoms with Gasteiger partial charge < -0.3 is 0 Å². The molecule has 15 nitrogen and oxygen atoms in total. The summed E-state index contributed by atoms with van der Waals surface area (Å²) in [6.07, 6.45) is 7.06. The summed E-state index contributed by atoms with van der Waals surface area (Å²) in [7, 11) is 0. The van der Waals surface area contributed by atoms with E-state index in [-0.39, 0.29) is 75.2 Å². The summed E-state index contributed by atoms with van der Waals surface area (Å²) < 4.78 is 0. The molecule has 0 aliphatic rings. The van der Waals surface area contributed by atoms with Crippen LogP contribution < -0.4 is 43.4 Å². The lowest BCUT2D eigenvalue weighted by atomic mass is 10.1. The fourth-order valence-electron chi connectivity index (χ4n) is 2.72. The summed E-state index contributed by atoms with van der Waals surface area (Å²) in [6.45, 7) is 2.34. The molecule has 0 unspecified atom stereocenters.